The van der Waals surface area contributed by atoms with Crippen molar-refractivity contribution in [1.29, 1.82) is 0 Å². The minimum Gasteiger partial charge on any atom is -0.394 e. The van der Waals surface area contributed by atoms with Gasteiger partial charge in [-0.2, -0.15) is 4.98 Å². The van der Waals surface area contributed by atoms with Gasteiger partial charge in [-0.3, -0.25) is 14.9 Å². The highest BCUT2D eigenvalue weighted by Crippen LogP contribution is 2.24. The van der Waals surface area contributed by atoms with Crippen molar-refractivity contribution in [2.75, 3.05) is 17.2 Å². The Hall–Kier alpha value is -1.89. The summed E-state index contributed by atoms with van der Waals surface area (Å²) in [4.78, 5) is 31.9. The SMILES string of the molecule is CC1C(=O)NC(=O)CN1c1nc(Cl)ncc1N. The number of nitrogens with zero attached hydrogens (tertiary/aromatic N) is 3. The van der Waals surface area contributed by atoms with Crippen molar-refractivity contribution in [3.8, 4) is 0 Å². The monoisotopic (exact) mass is 255 g/mol. The Morgan fingerprint density at radius 2 is 2.29 bits per heavy atom. The molecule has 1 aliphatic rings. The molecule has 0 radical (unpaired) electrons. The van der Waals surface area contributed by atoms with Crippen molar-refractivity contribution in [2.24, 2.45) is 0 Å². The molecule has 2 heterocycles. The van der Waals surface area contributed by atoms with Crippen LogP contribution < -0.4 is 16.0 Å². The van der Waals surface area contributed by atoms with Gasteiger partial charge in [0.25, 0.3) is 0 Å². The number of rotatable bonds is 1. The third-order valence-electron chi connectivity index (χ3n) is 2.46. The van der Waals surface area contributed by atoms with Gasteiger partial charge < -0.3 is 10.6 Å². The Morgan fingerprint density at radius 1 is 1.59 bits per heavy atom. The first kappa shape index (κ1) is 11.6. The van der Waals surface area contributed by atoms with Crippen LogP contribution >= 0.6 is 11.6 Å². The predicted molar refractivity (Wildman–Crippen MR) is 61.4 cm³/mol. The summed E-state index contributed by atoms with van der Waals surface area (Å²) < 4.78 is 0. The van der Waals surface area contributed by atoms with Crippen LogP contribution in [0, 0.1) is 0 Å². The number of imide groups is 1. The normalized spacial score (nSPS) is 20.4. The number of amides is 2. The van der Waals surface area contributed by atoms with Crippen LogP contribution in [-0.4, -0.2) is 34.4 Å². The highest BCUT2D eigenvalue weighted by Gasteiger charge is 2.32. The number of carbonyl (C=O) groups excluding carboxylic acids is 2. The van der Waals surface area contributed by atoms with Crippen LogP contribution in [0.2, 0.25) is 5.28 Å². The quantitative estimate of drug-likeness (QED) is 0.521. The van der Waals surface area contributed by atoms with E-state index in [0.29, 0.717) is 5.82 Å². The Balaban J connectivity index is 2.40. The van der Waals surface area contributed by atoms with Gasteiger partial charge in [-0.15, -0.1) is 0 Å². The standard InChI is InChI=1S/C9H10ClN5O2/c1-4-8(17)13-6(16)3-15(4)7-5(11)2-12-9(10)14-7/h2,4H,3,11H2,1H3,(H,13,16,17). The van der Waals surface area contributed by atoms with E-state index >= 15 is 0 Å². The molecule has 1 saturated heterocycles. The van der Waals surface area contributed by atoms with Crippen LogP contribution in [0.1, 0.15) is 6.92 Å². The van der Waals surface area contributed by atoms with Gasteiger partial charge in [0.1, 0.15) is 6.04 Å². The number of carbonyl (C=O) groups is 2. The van der Waals surface area contributed by atoms with Gasteiger partial charge in [0.15, 0.2) is 5.82 Å². The maximum Gasteiger partial charge on any atom is 0.249 e. The maximum absolute atomic E-state index is 11.5. The molecule has 17 heavy (non-hydrogen) atoms. The first-order chi connectivity index (χ1) is 7.99. The number of hydrogen-bond acceptors (Lipinski definition) is 6. The average molecular weight is 256 g/mol. The summed E-state index contributed by atoms with van der Waals surface area (Å²) >= 11 is 5.67. The fourth-order valence-corrected chi connectivity index (χ4v) is 1.69. The van der Waals surface area contributed by atoms with Gasteiger partial charge in [-0.05, 0) is 18.5 Å². The van der Waals surface area contributed by atoms with Crippen molar-refractivity contribution in [3.05, 3.63) is 11.5 Å². The van der Waals surface area contributed by atoms with E-state index in [4.69, 9.17) is 17.3 Å². The van der Waals surface area contributed by atoms with Crippen LogP contribution in [-0.2, 0) is 9.59 Å². The van der Waals surface area contributed by atoms with Crippen LogP contribution in [0.15, 0.2) is 6.20 Å². The van der Waals surface area contributed by atoms with Crippen molar-refractivity contribution in [2.45, 2.75) is 13.0 Å². The highest BCUT2D eigenvalue weighted by molar-refractivity contribution is 6.28. The molecule has 8 heteroatoms. The molecule has 90 valence electrons. The van der Waals surface area contributed by atoms with E-state index in [1.165, 1.54) is 11.1 Å². The molecular formula is C9H10ClN5O2. The Bertz CT molecular complexity index is 492. The van der Waals surface area contributed by atoms with E-state index < -0.39 is 17.9 Å². The van der Waals surface area contributed by atoms with Crippen molar-refractivity contribution < 1.29 is 9.59 Å². The van der Waals surface area contributed by atoms with E-state index in [0.717, 1.165) is 0 Å². The van der Waals surface area contributed by atoms with E-state index in [-0.39, 0.29) is 17.5 Å². The smallest absolute Gasteiger partial charge is 0.249 e. The molecule has 0 aromatic carbocycles. The van der Waals surface area contributed by atoms with Gasteiger partial charge in [0.05, 0.1) is 18.4 Å². The Morgan fingerprint density at radius 3 is 3.00 bits per heavy atom. The molecule has 1 aliphatic heterocycles. The van der Waals surface area contributed by atoms with Crippen LogP contribution in [0.4, 0.5) is 11.5 Å². The number of nitrogens with one attached hydrogen (secondary N) is 1. The molecule has 7 nitrogen and oxygen atoms in total. The minimum absolute atomic E-state index is 0.00441. The van der Waals surface area contributed by atoms with E-state index in [1.807, 2.05) is 0 Å². The molecule has 3 N–H and O–H groups in total. The molecule has 1 atom stereocenters. The number of nitrogen functional groups attached to an aromatic ring is 1. The lowest BCUT2D eigenvalue weighted by atomic mass is 10.2. The third-order valence-corrected chi connectivity index (χ3v) is 2.64. The van der Waals surface area contributed by atoms with Gasteiger partial charge in [0, 0.05) is 0 Å². The summed E-state index contributed by atoms with van der Waals surface area (Å²) in [7, 11) is 0. The molecule has 1 fully saturated rings. The topological polar surface area (TPSA) is 101 Å². The molecule has 1 aromatic heterocycles. The zero-order chi connectivity index (χ0) is 12.6. The van der Waals surface area contributed by atoms with Gasteiger partial charge in [-0.25, -0.2) is 4.98 Å². The Kier molecular flexibility index (Phi) is 2.84. The van der Waals surface area contributed by atoms with E-state index in [2.05, 4.69) is 15.3 Å². The molecule has 1 aromatic rings. The lowest BCUT2D eigenvalue weighted by Gasteiger charge is -2.32. The maximum atomic E-state index is 11.5. The third kappa shape index (κ3) is 2.14. The predicted octanol–water partition coefficient (Wildman–Crippen LogP) is -0.437. The molecule has 2 rings (SSSR count). The molecular weight excluding hydrogens is 246 g/mol. The summed E-state index contributed by atoms with van der Waals surface area (Å²) in [5.41, 5.74) is 5.97. The molecule has 0 spiro atoms. The summed E-state index contributed by atoms with van der Waals surface area (Å²) in [6.45, 7) is 1.65. The Labute approximate surface area is 102 Å². The molecule has 0 aliphatic carbocycles. The van der Waals surface area contributed by atoms with Crippen LogP contribution in [0.3, 0.4) is 0 Å². The number of hydrogen-bond donors (Lipinski definition) is 2. The van der Waals surface area contributed by atoms with Gasteiger partial charge >= 0.3 is 0 Å². The molecule has 2 amide bonds. The van der Waals surface area contributed by atoms with Crippen molar-refractivity contribution in [3.63, 3.8) is 0 Å². The zero-order valence-corrected chi connectivity index (χ0v) is 9.73. The zero-order valence-electron chi connectivity index (χ0n) is 8.98. The summed E-state index contributed by atoms with van der Waals surface area (Å²) in [6, 6.07) is -0.541. The number of anilines is 2. The fourth-order valence-electron chi connectivity index (χ4n) is 1.56. The molecule has 0 bridgehead atoms. The fraction of sp³-hybridized carbons (Fsp3) is 0.333. The van der Waals surface area contributed by atoms with Gasteiger partial charge in [0.2, 0.25) is 17.1 Å². The number of piperazine rings is 1. The minimum atomic E-state index is -0.541. The number of aromatic nitrogens is 2. The van der Waals surface area contributed by atoms with E-state index in [1.54, 1.807) is 6.92 Å². The lowest BCUT2D eigenvalue weighted by molar-refractivity contribution is -0.132. The highest BCUT2D eigenvalue weighted by atomic mass is 35.5. The second-order valence-electron chi connectivity index (χ2n) is 3.63. The number of nitrogens with two attached hydrogens (primary N) is 1. The van der Waals surface area contributed by atoms with Crippen LogP contribution in [0.25, 0.3) is 0 Å². The lowest BCUT2D eigenvalue weighted by Crippen LogP contribution is -2.57. The second-order valence-corrected chi connectivity index (χ2v) is 3.97. The first-order valence-corrected chi connectivity index (χ1v) is 5.25. The van der Waals surface area contributed by atoms with E-state index in [9.17, 15) is 9.59 Å². The second kappa shape index (κ2) is 4.17. The van der Waals surface area contributed by atoms with Gasteiger partial charge in [-0.1, -0.05) is 0 Å². The largest absolute Gasteiger partial charge is 0.394 e. The van der Waals surface area contributed by atoms with Crippen LogP contribution in [0.5, 0.6) is 0 Å². The van der Waals surface area contributed by atoms with Crippen molar-refractivity contribution in [1.82, 2.24) is 15.3 Å². The summed E-state index contributed by atoms with van der Waals surface area (Å²) in [5.74, 6) is -0.502. The average Bonchev–Trinajstić information content (AvgIpc) is 2.27. The van der Waals surface area contributed by atoms with Crippen molar-refractivity contribution >= 4 is 34.9 Å². The first-order valence-electron chi connectivity index (χ1n) is 4.87. The summed E-state index contributed by atoms with van der Waals surface area (Å²) in [5, 5.41) is 2.24. The molecule has 1 unspecified atom stereocenters. The molecule has 0 saturated carbocycles. The number of halogens is 1. The summed E-state index contributed by atoms with van der Waals surface area (Å²) in [6.07, 6.45) is 1.34.